The van der Waals surface area contributed by atoms with Crippen molar-refractivity contribution in [2.45, 2.75) is 43.5 Å². The van der Waals surface area contributed by atoms with Crippen molar-refractivity contribution < 1.29 is 28.7 Å². The zero-order valence-electron chi connectivity index (χ0n) is 9.40. The fraction of sp³-hybridized carbons (Fsp3) is 1.00. The van der Waals surface area contributed by atoms with E-state index >= 15 is 0 Å². The van der Waals surface area contributed by atoms with Gasteiger partial charge in [0.1, 0.15) is 0 Å². The molecular weight excluding hydrogens is 268 g/mol. The van der Waals surface area contributed by atoms with Gasteiger partial charge in [0.2, 0.25) is 5.02 Å². The summed E-state index contributed by atoms with van der Waals surface area (Å²) < 4.78 is 22.8. The highest BCUT2D eigenvalue weighted by atomic mass is 31.2. The average Bonchev–Trinajstić information content (AvgIpc) is 2.40. The molecule has 0 atom stereocenters. The highest BCUT2D eigenvalue weighted by Crippen LogP contribution is 2.70. The molecule has 6 N–H and O–H groups in total. The van der Waals surface area contributed by atoms with E-state index in [1.165, 1.54) is 0 Å². The summed E-state index contributed by atoms with van der Waals surface area (Å²) in [5, 5.41) is -2.73. The first-order chi connectivity index (χ1) is 7.61. The van der Waals surface area contributed by atoms with Crippen LogP contribution >= 0.6 is 15.2 Å². The molecule has 9 heteroatoms. The third-order valence-corrected chi connectivity index (χ3v) is 7.55. The maximum Gasteiger partial charge on any atom is 0.357 e. The van der Waals surface area contributed by atoms with Crippen LogP contribution in [0.2, 0.25) is 0 Å². The van der Waals surface area contributed by atoms with Crippen molar-refractivity contribution in [1.82, 2.24) is 0 Å². The number of rotatable bonds is 3. The normalized spacial score (nSPS) is 21.2. The molecule has 1 aliphatic carbocycles. The molecule has 0 aromatic heterocycles. The summed E-state index contributed by atoms with van der Waals surface area (Å²) in [6.07, 6.45) is 3.84. The van der Waals surface area contributed by atoms with Gasteiger partial charge in [-0.2, -0.15) is 0 Å². The van der Waals surface area contributed by atoms with Gasteiger partial charge < -0.3 is 25.3 Å². The van der Waals surface area contributed by atoms with Gasteiger partial charge in [-0.05, 0) is 12.8 Å². The zero-order valence-corrected chi connectivity index (χ0v) is 11.2. The van der Waals surface area contributed by atoms with Crippen molar-refractivity contribution in [2.75, 3.05) is 0 Å². The quantitative estimate of drug-likeness (QED) is 0.384. The Labute approximate surface area is 99.7 Å². The maximum absolute atomic E-state index is 11.4. The standard InChI is InChI=1S/C8H19NO6P2/c9-8(16(10,11)12,17(13,14)15)7-5-3-1-2-4-6-7/h7H,1-6,9H2,(H2,10,11,12)(H2,13,14,15). The minimum absolute atomic E-state index is 0.340. The van der Waals surface area contributed by atoms with E-state index in [1.54, 1.807) is 0 Å². The molecule has 0 unspecified atom stereocenters. The lowest BCUT2D eigenvalue weighted by Gasteiger charge is -2.37. The summed E-state index contributed by atoms with van der Waals surface area (Å²) in [5.41, 5.74) is 5.47. The van der Waals surface area contributed by atoms with Crippen LogP contribution in [0.15, 0.2) is 0 Å². The Hall–Kier alpha value is 0.260. The Bertz CT molecular complexity index is 331. The molecule has 102 valence electrons. The van der Waals surface area contributed by atoms with Gasteiger partial charge in [-0.1, -0.05) is 25.7 Å². The molecule has 1 fully saturated rings. The Morgan fingerprint density at radius 1 is 0.882 bits per heavy atom. The molecule has 7 nitrogen and oxygen atoms in total. The molecular formula is C8H19NO6P2. The van der Waals surface area contributed by atoms with Crippen LogP contribution in [0.1, 0.15) is 38.5 Å². The maximum atomic E-state index is 11.4. The van der Waals surface area contributed by atoms with Gasteiger partial charge in [-0.25, -0.2) is 0 Å². The summed E-state index contributed by atoms with van der Waals surface area (Å²) in [5.74, 6) is -0.841. The van der Waals surface area contributed by atoms with Crippen LogP contribution in [0.4, 0.5) is 0 Å². The highest BCUT2D eigenvalue weighted by molar-refractivity contribution is 7.72. The first kappa shape index (κ1) is 15.3. The molecule has 17 heavy (non-hydrogen) atoms. The van der Waals surface area contributed by atoms with E-state index in [4.69, 9.17) is 5.73 Å². The molecule has 0 aromatic rings. The van der Waals surface area contributed by atoms with Crippen LogP contribution in [0.5, 0.6) is 0 Å². The summed E-state index contributed by atoms with van der Waals surface area (Å²) in [7, 11) is -10.2. The van der Waals surface area contributed by atoms with Gasteiger partial charge in [0, 0.05) is 5.92 Å². The lowest BCUT2D eigenvalue weighted by atomic mass is 10.00. The summed E-state index contributed by atoms with van der Waals surface area (Å²) in [6.45, 7) is 0. The average molecular weight is 287 g/mol. The van der Waals surface area contributed by atoms with E-state index in [2.05, 4.69) is 0 Å². The molecule has 0 aliphatic heterocycles. The largest absolute Gasteiger partial charge is 0.357 e. The summed E-state index contributed by atoms with van der Waals surface area (Å²) in [6, 6.07) is 0. The van der Waals surface area contributed by atoms with Crippen molar-refractivity contribution in [2.24, 2.45) is 11.7 Å². The molecule has 1 rings (SSSR count). The predicted octanol–water partition coefficient (Wildman–Crippen LogP) is 0.925. The van der Waals surface area contributed by atoms with E-state index in [0.717, 1.165) is 12.8 Å². The van der Waals surface area contributed by atoms with Crippen molar-refractivity contribution in [3.05, 3.63) is 0 Å². The van der Waals surface area contributed by atoms with Crippen molar-refractivity contribution in [3.63, 3.8) is 0 Å². The number of nitrogens with two attached hydrogens (primary N) is 1. The first-order valence-electron chi connectivity index (χ1n) is 5.51. The highest BCUT2D eigenvalue weighted by Gasteiger charge is 2.61. The Balaban J connectivity index is 3.15. The Morgan fingerprint density at radius 2 is 1.24 bits per heavy atom. The molecule has 1 aliphatic rings. The SMILES string of the molecule is NC(C1CCCCCC1)(P(=O)(O)O)P(=O)(O)O. The van der Waals surface area contributed by atoms with E-state index in [1.807, 2.05) is 0 Å². The fourth-order valence-electron chi connectivity index (χ4n) is 2.35. The molecule has 0 heterocycles. The van der Waals surface area contributed by atoms with E-state index in [-0.39, 0.29) is 0 Å². The minimum atomic E-state index is -5.08. The first-order valence-corrected chi connectivity index (χ1v) is 8.73. The van der Waals surface area contributed by atoms with Crippen LogP contribution in [0.3, 0.4) is 0 Å². The van der Waals surface area contributed by atoms with Crippen LogP contribution in [0, 0.1) is 5.92 Å². The third kappa shape index (κ3) is 2.99. The van der Waals surface area contributed by atoms with Crippen LogP contribution in [0.25, 0.3) is 0 Å². The van der Waals surface area contributed by atoms with Gasteiger partial charge in [0.05, 0.1) is 0 Å². The second-order valence-corrected chi connectivity index (χ2v) is 8.57. The monoisotopic (exact) mass is 287 g/mol. The second-order valence-electron chi connectivity index (χ2n) is 4.56. The Morgan fingerprint density at radius 3 is 1.53 bits per heavy atom. The van der Waals surface area contributed by atoms with Crippen molar-refractivity contribution in [1.29, 1.82) is 0 Å². The van der Waals surface area contributed by atoms with Crippen LogP contribution in [-0.2, 0) is 9.13 Å². The van der Waals surface area contributed by atoms with Gasteiger partial charge in [-0.3, -0.25) is 9.13 Å². The van der Waals surface area contributed by atoms with Crippen LogP contribution in [-0.4, -0.2) is 24.6 Å². The molecule has 0 aromatic carbocycles. The lowest BCUT2D eigenvalue weighted by Crippen LogP contribution is -2.46. The molecule has 0 bridgehead atoms. The van der Waals surface area contributed by atoms with Gasteiger partial charge in [0.25, 0.3) is 0 Å². The van der Waals surface area contributed by atoms with E-state index in [0.29, 0.717) is 25.7 Å². The van der Waals surface area contributed by atoms with Gasteiger partial charge in [0.15, 0.2) is 0 Å². The molecule has 0 spiro atoms. The fourth-order valence-corrected chi connectivity index (χ4v) is 5.17. The smallest absolute Gasteiger partial charge is 0.323 e. The zero-order chi connectivity index (χ0) is 13.3. The van der Waals surface area contributed by atoms with Crippen molar-refractivity contribution in [3.8, 4) is 0 Å². The second kappa shape index (κ2) is 5.10. The molecule has 1 saturated carbocycles. The third-order valence-electron chi connectivity index (χ3n) is 3.39. The lowest BCUT2D eigenvalue weighted by molar-refractivity contribution is 0.258. The topological polar surface area (TPSA) is 141 Å². The van der Waals surface area contributed by atoms with Gasteiger partial charge in [-0.15, -0.1) is 0 Å². The van der Waals surface area contributed by atoms with E-state index < -0.39 is 26.1 Å². The Kier molecular flexibility index (Phi) is 4.59. The number of hydrogen-bond acceptors (Lipinski definition) is 3. The number of hydrogen-bond donors (Lipinski definition) is 5. The minimum Gasteiger partial charge on any atom is -0.323 e. The molecule has 0 amide bonds. The van der Waals surface area contributed by atoms with E-state index in [9.17, 15) is 28.7 Å². The molecule has 0 saturated heterocycles. The van der Waals surface area contributed by atoms with Crippen LogP contribution < -0.4 is 5.73 Å². The summed E-state index contributed by atoms with van der Waals surface area (Å²) >= 11 is 0. The predicted molar refractivity (Wildman–Crippen MR) is 62.2 cm³/mol. The van der Waals surface area contributed by atoms with Crippen molar-refractivity contribution >= 4 is 15.2 Å². The van der Waals surface area contributed by atoms with Gasteiger partial charge >= 0.3 is 15.2 Å². The molecule has 0 radical (unpaired) electrons. The summed E-state index contributed by atoms with van der Waals surface area (Å²) in [4.78, 5) is 36.8.